The minimum absolute atomic E-state index is 0.888. The van der Waals surface area contributed by atoms with E-state index in [0.717, 1.165) is 17.8 Å². The normalized spacial score (nSPS) is 48.0. The zero-order chi connectivity index (χ0) is 6.55. The highest BCUT2D eigenvalue weighted by molar-refractivity contribution is 5.35. The van der Waals surface area contributed by atoms with E-state index in [4.69, 9.17) is 0 Å². The molecule has 0 N–H and O–H groups in total. The van der Waals surface area contributed by atoms with Crippen molar-refractivity contribution in [3.05, 3.63) is 23.8 Å². The molecule has 0 nitrogen and oxygen atoms in total. The smallest absolute Gasteiger partial charge is 0.00143 e. The van der Waals surface area contributed by atoms with E-state index in [0.29, 0.717) is 0 Å². The molecule has 2 bridgehead atoms. The van der Waals surface area contributed by atoms with Gasteiger partial charge in [-0.3, -0.25) is 0 Å². The zero-order valence-corrected chi connectivity index (χ0v) is 6.09. The van der Waals surface area contributed by atoms with Gasteiger partial charge in [0, 0.05) is 5.92 Å². The summed E-state index contributed by atoms with van der Waals surface area (Å²) >= 11 is 0. The fourth-order valence-corrected chi connectivity index (χ4v) is 2.99. The quantitative estimate of drug-likeness (QED) is 0.475. The molecule has 3 unspecified atom stereocenters. The summed E-state index contributed by atoms with van der Waals surface area (Å²) in [5.41, 5.74) is 1.76. The molecule has 2 fully saturated rings. The number of rotatable bonds is 0. The molecule has 3 rings (SSSR count). The monoisotopic (exact) mass is 132 g/mol. The lowest BCUT2D eigenvalue weighted by atomic mass is 9.87. The summed E-state index contributed by atoms with van der Waals surface area (Å²) in [4.78, 5) is 0. The van der Waals surface area contributed by atoms with Gasteiger partial charge in [0.25, 0.3) is 0 Å². The first-order chi connectivity index (χ1) is 4.95. The van der Waals surface area contributed by atoms with Crippen LogP contribution in [0.25, 0.3) is 0 Å². The summed E-state index contributed by atoms with van der Waals surface area (Å²) in [6.45, 7) is 0. The molecule has 2 saturated carbocycles. The summed E-state index contributed by atoms with van der Waals surface area (Å²) in [6, 6.07) is 0. The molecule has 3 atom stereocenters. The number of allylic oxidation sites excluding steroid dienone is 4. The van der Waals surface area contributed by atoms with Crippen LogP contribution in [0.3, 0.4) is 0 Å². The topological polar surface area (TPSA) is 0 Å². The number of hydrogen-bond donors (Lipinski definition) is 0. The third-order valence-corrected chi connectivity index (χ3v) is 3.44. The highest BCUT2D eigenvalue weighted by Crippen LogP contribution is 2.53. The van der Waals surface area contributed by atoms with E-state index in [1.807, 2.05) is 0 Å². The zero-order valence-electron chi connectivity index (χ0n) is 6.09. The van der Waals surface area contributed by atoms with Gasteiger partial charge in [0.15, 0.2) is 0 Å². The van der Waals surface area contributed by atoms with Gasteiger partial charge in [0.1, 0.15) is 0 Å². The fourth-order valence-electron chi connectivity index (χ4n) is 2.99. The maximum Gasteiger partial charge on any atom is 0.00143 e. The molecule has 0 amide bonds. The molecule has 52 valence electrons. The third-order valence-electron chi connectivity index (χ3n) is 3.44. The largest absolute Gasteiger partial charge is 0.0770 e. The summed E-state index contributed by atoms with van der Waals surface area (Å²) in [7, 11) is 0. The van der Waals surface area contributed by atoms with E-state index in [1.165, 1.54) is 19.3 Å². The Balaban J connectivity index is 2.08. The second-order valence-electron chi connectivity index (χ2n) is 3.85. The summed E-state index contributed by atoms with van der Waals surface area (Å²) in [6.07, 6.45) is 11.5. The second-order valence-corrected chi connectivity index (χ2v) is 3.85. The van der Waals surface area contributed by atoms with Gasteiger partial charge in [-0.15, -0.1) is 0 Å². The molecule has 0 heterocycles. The van der Waals surface area contributed by atoms with Crippen molar-refractivity contribution in [1.29, 1.82) is 0 Å². The van der Waals surface area contributed by atoms with Crippen molar-refractivity contribution in [2.24, 2.45) is 17.8 Å². The molecule has 3 aliphatic carbocycles. The predicted octanol–water partition coefficient (Wildman–Crippen LogP) is 2.53. The molecular formula is C10H12. The first-order valence-corrected chi connectivity index (χ1v) is 4.33. The summed E-state index contributed by atoms with van der Waals surface area (Å²) in [5, 5.41) is 0. The van der Waals surface area contributed by atoms with Crippen molar-refractivity contribution in [1.82, 2.24) is 0 Å². The van der Waals surface area contributed by atoms with Crippen LogP contribution in [0.4, 0.5) is 0 Å². The fraction of sp³-hybridized carbons (Fsp3) is 0.600. The van der Waals surface area contributed by atoms with Gasteiger partial charge in [-0.2, -0.15) is 0 Å². The van der Waals surface area contributed by atoms with E-state index in [2.05, 4.69) is 18.2 Å². The molecule has 0 heteroatoms. The highest BCUT2D eigenvalue weighted by atomic mass is 14.5. The van der Waals surface area contributed by atoms with Gasteiger partial charge >= 0.3 is 0 Å². The van der Waals surface area contributed by atoms with Gasteiger partial charge in [-0.1, -0.05) is 23.8 Å². The van der Waals surface area contributed by atoms with E-state index < -0.39 is 0 Å². The van der Waals surface area contributed by atoms with Crippen molar-refractivity contribution < 1.29 is 0 Å². The molecule has 0 aromatic carbocycles. The Hall–Kier alpha value is -0.520. The Kier molecular flexibility index (Phi) is 0.803. The molecule has 0 aromatic rings. The van der Waals surface area contributed by atoms with Gasteiger partial charge in [-0.05, 0) is 31.1 Å². The van der Waals surface area contributed by atoms with Crippen LogP contribution < -0.4 is 0 Å². The Morgan fingerprint density at radius 3 is 3.20 bits per heavy atom. The molecule has 0 radical (unpaired) electrons. The Bertz CT molecular complexity index is 222. The van der Waals surface area contributed by atoms with Crippen LogP contribution in [0.1, 0.15) is 19.3 Å². The Morgan fingerprint density at radius 2 is 2.30 bits per heavy atom. The van der Waals surface area contributed by atoms with Crippen molar-refractivity contribution in [2.75, 3.05) is 0 Å². The van der Waals surface area contributed by atoms with E-state index in [1.54, 1.807) is 5.57 Å². The minimum atomic E-state index is 0.888. The van der Waals surface area contributed by atoms with Crippen LogP contribution in [0.15, 0.2) is 23.8 Å². The maximum atomic E-state index is 2.40. The van der Waals surface area contributed by atoms with E-state index >= 15 is 0 Å². The van der Waals surface area contributed by atoms with Crippen LogP contribution >= 0.6 is 0 Å². The van der Waals surface area contributed by atoms with Gasteiger partial charge in [0.2, 0.25) is 0 Å². The number of fused-ring (bicyclic) bond motifs is 5. The van der Waals surface area contributed by atoms with Crippen LogP contribution in [0.2, 0.25) is 0 Å². The lowest BCUT2D eigenvalue weighted by molar-refractivity contribution is 0.476. The van der Waals surface area contributed by atoms with Gasteiger partial charge < -0.3 is 0 Å². The average Bonchev–Trinajstić information content (AvgIpc) is 2.60. The minimum Gasteiger partial charge on any atom is -0.0770 e. The first kappa shape index (κ1) is 5.17. The summed E-state index contributed by atoms with van der Waals surface area (Å²) in [5.74, 6) is 2.92. The molecule has 0 saturated heterocycles. The SMILES string of the molecule is C1=CC2C(=C1)C1CCC2C1. The Labute approximate surface area is 61.6 Å². The van der Waals surface area contributed by atoms with Gasteiger partial charge in [0.05, 0.1) is 0 Å². The molecule has 3 aliphatic rings. The second kappa shape index (κ2) is 1.55. The molecule has 10 heavy (non-hydrogen) atoms. The predicted molar refractivity (Wildman–Crippen MR) is 41.5 cm³/mol. The van der Waals surface area contributed by atoms with Crippen LogP contribution in [-0.2, 0) is 0 Å². The van der Waals surface area contributed by atoms with Crippen LogP contribution in [-0.4, -0.2) is 0 Å². The molecular weight excluding hydrogens is 120 g/mol. The maximum absolute atomic E-state index is 2.40. The Morgan fingerprint density at radius 1 is 1.30 bits per heavy atom. The lowest BCUT2D eigenvalue weighted by Gasteiger charge is -2.18. The van der Waals surface area contributed by atoms with Crippen molar-refractivity contribution in [3.8, 4) is 0 Å². The van der Waals surface area contributed by atoms with Crippen molar-refractivity contribution >= 4 is 0 Å². The average molecular weight is 132 g/mol. The van der Waals surface area contributed by atoms with Crippen molar-refractivity contribution in [3.63, 3.8) is 0 Å². The number of hydrogen-bond acceptors (Lipinski definition) is 0. The standard InChI is InChI=1S/C10H12/c1-2-9-7-4-5-8(6-7)10(9)3-1/h1-3,7-9H,4-6H2. The lowest BCUT2D eigenvalue weighted by Crippen LogP contribution is -2.08. The first-order valence-electron chi connectivity index (χ1n) is 4.33. The third kappa shape index (κ3) is 0.448. The summed E-state index contributed by atoms with van der Waals surface area (Å²) < 4.78 is 0. The van der Waals surface area contributed by atoms with E-state index in [-0.39, 0.29) is 0 Å². The van der Waals surface area contributed by atoms with Gasteiger partial charge in [-0.25, -0.2) is 0 Å². The van der Waals surface area contributed by atoms with Crippen molar-refractivity contribution in [2.45, 2.75) is 19.3 Å². The van der Waals surface area contributed by atoms with Crippen LogP contribution in [0.5, 0.6) is 0 Å². The van der Waals surface area contributed by atoms with E-state index in [9.17, 15) is 0 Å². The highest BCUT2D eigenvalue weighted by Gasteiger charge is 2.42. The molecule has 0 aliphatic heterocycles. The molecule has 0 aromatic heterocycles. The van der Waals surface area contributed by atoms with Crippen LogP contribution in [0, 0.1) is 17.8 Å². The molecule has 0 spiro atoms.